The van der Waals surface area contributed by atoms with Crippen molar-refractivity contribution in [3.8, 4) is 0 Å². The van der Waals surface area contributed by atoms with Crippen LogP contribution in [0.3, 0.4) is 0 Å². The SMILES string of the molecule is CN(C)c1ccc(C(=O)Nc2n[nH]c3c2CN(S(=O)c2cc(F)cc(F)c2)CC3(C)C)c(NC2CCOCC2)c1. The summed E-state index contributed by atoms with van der Waals surface area (Å²) in [6.45, 7) is 5.78. The van der Waals surface area contributed by atoms with E-state index < -0.39 is 28.0 Å². The van der Waals surface area contributed by atoms with Crippen molar-refractivity contribution in [2.45, 2.75) is 49.6 Å². The molecule has 3 N–H and O–H groups in total. The number of halogens is 2. The van der Waals surface area contributed by atoms with Crippen LogP contribution in [0.1, 0.15) is 48.3 Å². The van der Waals surface area contributed by atoms with Gasteiger partial charge in [-0.3, -0.25) is 9.89 Å². The van der Waals surface area contributed by atoms with Crippen LogP contribution < -0.4 is 15.5 Å². The molecule has 1 fully saturated rings. The fraction of sp³-hybridized carbons (Fsp3) is 0.429. The molecule has 2 aliphatic rings. The summed E-state index contributed by atoms with van der Waals surface area (Å²) in [6.07, 6.45) is 1.69. The molecule has 1 amide bonds. The number of benzene rings is 2. The molecule has 0 aliphatic carbocycles. The molecule has 0 spiro atoms. The third-order valence-corrected chi connectivity index (χ3v) is 8.67. The summed E-state index contributed by atoms with van der Waals surface area (Å²) in [5.41, 5.74) is 3.12. The Morgan fingerprint density at radius 1 is 1.15 bits per heavy atom. The van der Waals surface area contributed by atoms with E-state index in [0.29, 0.717) is 36.7 Å². The lowest BCUT2D eigenvalue weighted by Crippen LogP contribution is -2.43. The van der Waals surface area contributed by atoms with E-state index in [1.54, 1.807) is 10.4 Å². The minimum absolute atomic E-state index is 0.0376. The van der Waals surface area contributed by atoms with Gasteiger partial charge in [0.05, 0.1) is 10.5 Å². The monoisotopic (exact) mass is 572 g/mol. The van der Waals surface area contributed by atoms with Crippen molar-refractivity contribution >= 4 is 34.1 Å². The average Bonchev–Trinajstić information content (AvgIpc) is 3.31. The lowest BCUT2D eigenvalue weighted by atomic mass is 9.84. The number of fused-ring (bicyclic) bond motifs is 1. The quantitative estimate of drug-likeness (QED) is 0.388. The summed E-state index contributed by atoms with van der Waals surface area (Å²) < 4.78 is 48.2. The third-order valence-electron chi connectivity index (χ3n) is 7.30. The van der Waals surface area contributed by atoms with Gasteiger partial charge in [-0.15, -0.1) is 0 Å². The van der Waals surface area contributed by atoms with E-state index >= 15 is 0 Å². The molecule has 9 nitrogen and oxygen atoms in total. The number of rotatable bonds is 7. The molecule has 12 heteroatoms. The molecular weight excluding hydrogens is 538 g/mol. The second-order valence-corrected chi connectivity index (χ2v) is 12.6. The second kappa shape index (κ2) is 11.3. The molecule has 2 aliphatic heterocycles. The van der Waals surface area contributed by atoms with Crippen LogP contribution in [0, 0.1) is 11.6 Å². The van der Waals surface area contributed by atoms with Crippen LogP contribution in [0.4, 0.5) is 26.0 Å². The summed E-state index contributed by atoms with van der Waals surface area (Å²) in [6, 6.07) is 8.71. The number of carbonyl (C=O) groups is 1. The predicted molar refractivity (Wildman–Crippen MR) is 151 cm³/mol. The van der Waals surface area contributed by atoms with Crippen LogP contribution in [-0.2, 0) is 27.7 Å². The first-order valence-electron chi connectivity index (χ1n) is 13.2. The normalized spacial score (nSPS) is 18.1. The Morgan fingerprint density at radius 2 is 1.85 bits per heavy atom. The van der Waals surface area contributed by atoms with Crippen LogP contribution in [0.15, 0.2) is 41.3 Å². The zero-order valence-corrected chi connectivity index (χ0v) is 23.8. The molecule has 0 radical (unpaired) electrons. The highest BCUT2D eigenvalue weighted by Crippen LogP contribution is 2.37. The third kappa shape index (κ3) is 5.89. The van der Waals surface area contributed by atoms with Crippen molar-refractivity contribution in [2.24, 2.45) is 0 Å². The van der Waals surface area contributed by atoms with Gasteiger partial charge in [-0.1, -0.05) is 13.8 Å². The smallest absolute Gasteiger partial charge is 0.258 e. The van der Waals surface area contributed by atoms with Crippen molar-refractivity contribution in [1.82, 2.24) is 14.5 Å². The molecule has 1 atom stereocenters. The average molecular weight is 573 g/mol. The number of carbonyl (C=O) groups excluding carboxylic acids is 1. The number of hydrogen-bond donors (Lipinski definition) is 3. The molecule has 0 bridgehead atoms. The van der Waals surface area contributed by atoms with E-state index in [0.717, 1.165) is 48.1 Å². The molecule has 0 saturated carbocycles. The van der Waals surface area contributed by atoms with Gasteiger partial charge < -0.3 is 20.3 Å². The molecule has 3 aromatic rings. The van der Waals surface area contributed by atoms with Crippen molar-refractivity contribution in [2.75, 3.05) is 49.4 Å². The van der Waals surface area contributed by atoms with Gasteiger partial charge in [-0.2, -0.15) is 5.10 Å². The van der Waals surface area contributed by atoms with Crippen LogP contribution in [-0.4, -0.2) is 64.5 Å². The number of hydrogen-bond acceptors (Lipinski definition) is 6. The minimum atomic E-state index is -1.83. The summed E-state index contributed by atoms with van der Waals surface area (Å²) in [7, 11) is 2.06. The lowest BCUT2D eigenvalue weighted by molar-refractivity contribution is 0.0904. The molecule has 1 aromatic heterocycles. The predicted octanol–water partition coefficient (Wildman–Crippen LogP) is 4.41. The van der Waals surface area contributed by atoms with Gasteiger partial charge in [-0.25, -0.2) is 17.3 Å². The molecular formula is C28H34F2N6O3S. The minimum Gasteiger partial charge on any atom is -0.381 e. The van der Waals surface area contributed by atoms with Crippen LogP contribution >= 0.6 is 0 Å². The highest BCUT2D eigenvalue weighted by molar-refractivity contribution is 7.82. The maximum atomic E-state index is 13.8. The number of nitrogens with one attached hydrogen (secondary N) is 3. The molecule has 3 heterocycles. The fourth-order valence-electron chi connectivity index (χ4n) is 5.19. The Balaban J connectivity index is 1.41. The summed E-state index contributed by atoms with van der Waals surface area (Å²) in [5.74, 6) is -1.59. The molecule has 214 valence electrons. The van der Waals surface area contributed by atoms with Crippen LogP contribution in [0.5, 0.6) is 0 Å². The summed E-state index contributed by atoms with van der Waals surface area (Å²) >= 11 is 0. The number of nitrogens with zero attached hydrogens (tertiary/aromatic N) is 3. The molecule has 1 saturated heterocycles. The highest BCUT2D eigenvalue weighted by Gasteiger charge is 2.38. The van der Waals surface area contributed by atoms with Crippen molar-refractivity contribution < 1.29 is 22.5 Å². The summed E-state index contributed by atoms with van der Waals surface area (Å²) in [4.78, 5) is 15.6. The zero-order chi connectivity index (χ0) is 28.6. The van der Waals surface area contributed by atoms with Gasteiger partial charge >= 0.3 is 0 Å². The molecule has 5 rings (SSSR count). The first-order valence-corrected chi connectivity index (χ1v) is 14.3. The van der Waals surface area contributed by atoms with Gasteiger partial charge in [0.1, 0.15) is 22.6 Å². The van der Waals surface area contributed by atoms with E-state index in [4.69, 9.17) is 4.74 Å². The number of H-pyrrole nitrogens is 1. The lowest BCUT2D eigenvalue weighted by Gasteiger charge is -2.36. The van der Waals surface area contributed by atoms with E-state index in [2.05, 4.69) is 20.8 Å². The fourth-order valence-corrected chi connectivity index (χ4v) is 6.61. The van der Waals surface area contributed by atoms with Crippen LogP contribution in [0.25, 0.3) is 0 Å². The topological polar surface area (TPSA) is 103 Å². The first-order chi connectivity index (χ1) is 19.0. The Labute approximate surface area is 234 Å². The number of aromatic nitrogens is 2. The van der Waals surface area contributed by atoms with Crippen LogP contribution in [0.2, 0.25) is 0 Å². The van der Waals surface area contributed by atoms with Gasteiger partial charge in [0, 0.05) is 80.6 Å². The van der Waals surface area contributed by atoms with Gasteiger partial charge in [-0.05, 0) is 43.2 Å². The Kier molecular flexibility index (Phi) is 7.94. The Hall–Kier alpha value is -3.35. The Bertz CT molecular complexity index is 1420. The second-order valence-electron chi connectivity index (χ2n) is 11.1. The standard InChI is InChI=1S/C28H34F2N6O3S/c1-28(2)16-36(40(38)21-12-17(29)11-18(30)13-21)15-23-25(28)33-34-26(23)32-27(37)22-6-5-20(35(3)4)14-24(22)31-19-7-9-39-10-8-19/h5-6,11-14,19,31H,7-10,15-16H2,1-4H3,(H2,32,33,34,37). The van der Waals surface area contributed by atoms with Gasteiger partial charge in [0.2, 0.25) is 0 Å². The maximum absolute atomic E-state index is 13.8. The van der Waals surface area contributed by atoms with Crippen molar-refractivity contribution in [3.63, 3.8) is 0 Å². The maximum Gasteiger partial charge on any atom is 0.258 e. The van der Waals surface area contributed by atoms with E-state index in [1.807, 2.05) is 45.0 Å². The van der Waals surface area contributed by atoms with E-state index in [1.165, 1.54) is 0 Å². The van der Waals surface area contributed by atoms with Crippen molar-refractivity contribution in [3.05, 3.63) is 64.9 Å². The van der Waals surface area contributed by atoms with Gasteiger partial charge in [0.15, 0.2) is 5.82 Å². The van der Waals surface area contributed by atoms with Crippen molar-refractivity contribution in [1.29, 1.82) is 0 Å². The molecule has 2 aromatic carbocycles. The number of ether oxygens (including phenoxy) is 1. The largest absolute Gasteiger partial charge is 0.381 e. The van der Waals surface area contributed by atoms with Gasteiger partial charge in [0.25, 0.3) is 5.91 Å². The van der Waals surface area contributed by atoms with E-state index in [-0.39, 0.29) is 23.4 Å². The number of amides is 1. The van der Waals surface area contributed by atoms with E-state index in [9.17, 15) is 17.8 Å². The first kappa shape index (κ1) is 28.2. The summed E-state index contributed by atoms with van der Waals surface area (Å²) in [5, 5.41) is 13.9. The highest BCUT2D eigenvalue weighted by atomic mass is 32.2. The molecule has 1 unspecified atom stereocenters. The number of anilines is 3. The number of aromatic amines is 1. The zero-order valence-electron chi connectivity index (χ0n) is 23.0. The Morgan fingerprint density at radius 3 is 2.52 bits per heavy atom. The molecule has 40 heavy (non-hydrogen) atoms.